The summed E-state index contributed by atoms with van der Waals surface area (Å²) in [6, 6.07) is 8.72. The number of nitrogens with zero attached hydrogens (tertiary/aromatic N) is 1. The third-order valence-corrected chi connectivity index (χ3v) is 5.09. The van der Waals surface area contributed by atoms with Crippen LogP contribution in [0.2, 0.25) is 0 Å². The number of methoxy groups -OCH3 is 1. The molecule has 7 nitrogen and oxygen atoms in total. The zero-order valence-corrected chi connectivity index (χ0v) is 16.2. The first kappa shape index (κ1) is 19.8. The Morgan fingerprint density at radius 3 is 2.50 bits per heavy atom. The van der Waals surface area contributed by atoms with Crippen LogP contribution in [-0.4, -0.2) is 36.6 Å². The molecule has 0 saturated carbocycles. The predicted molar refractivity (Wildman–Crippen MR) is 106 cm³/mol. The molecule has 148 valence electrons. The van der Waals surface area contributed by atoms with Crippen LogP contribution in [0.25, 0.3) is 0 Å². The SMILES string of the molecule is COC(=O)c1ccc(CNC(=O)c2c(C)ccn(C3CCNCC3)c2=O)cc1. The lowest BCUT2D eigenvalue weighted by molar-refractivity contribution is 0.0600. The summed E-state index contributed by atoms with van der Waals surface area (Å²) in [4.78, 5) is 37.1. The fourth-order valence-corrected chi connectivity index (χ4v) is 3.44. The molecule has 0 spiro atoms. The molecule has 1 amide bonds. The van der Waals surface area contributed by atoms with Gasteiger partial charge in [0.15, 0.2) is 0 Å². The van der Waals surface area contributed by atoms with Gasteiger partial charge in [-0.25, -0.2) is 4.79 Å². The van der Waals surface area contributed by atoms with Gasteiger partial charge in [0.2, 0.25) is 0 Å². The van der Waals surface area contributed by atoms with Crippen molar-refractivity contribution in [2.75, 3.05) is 20.2 Å². The van der Waals surface area contributed by atoms with E-state index in [1.54, 1.807) is 42.0 Å². The standard InChI is InChI=1S/C21H25N3O4/c1-14-9-12-24(17-7-10-22-11-8-17)20(26)18(14)19(25)23-13-15-3-5-16(6-4-15)21(27)28-2/h3-6,9,12,17,22H,7-8,10-11,13H2,1-2H3,(H,23,25). The molecule has 2 N–H and O–H groups in total. The molecule has 0 bridgehead atoms. The number of rotatable bonds is 5. The molecule has 0 unspecified atom stereocenters. The Balaban J connectivity index is 1.73. The first-order valence-corrected chi connectivity index (χ1v) is 9.39. The number of aromatic nitrogens is 1. The highest BCUT2D eigenvalue weighted by Crippen LogP contribution is 2.17. The van der Waals surface area contributed by atoms with Crippen LogP contribution >= 0.6 is 0 Å². The fraction of sp³-hybridized carbons (Fsp3) is 0.381. The Morgan fingerprint density at radius 1 is 1.18 bits per heavy atom. The summed E-state index contributed by atoms with van der Waals surface area (Å²) in [5.41, 5.74) is 1.88. The molecule has 1 aliphatic heterocycles. The number of esters is 1. The third-order valence-electron chi connectivity index (χ3n) is 5.09. The first-order chi connectivity index (χ1) is 13.5. The molecule has 1 aromatic heterocycles. The van der Waals surface area contributed by atoms with E-state index in [2.05, 4.69) is 15.4 Å². The van der Waals surface area contributed by atoms with Gasteiger partial charge in [-0.05, 0) is 62.2 Å². The molecule has 1 saturated heterocycles. The summed E-state index contributed by atoms with van der Waals surface area (Å²) in [5.74, 6) is -0.795. The lowest BCUT2D eigenvalue weighted by atomic mass is 10.0. The molecule has 1 fully saturated rings. The topological polar surface area (TPSA) is 89.4 Å². The normalized spacial score (nSPS) is 14.5. The lowest BCUT2D eigenvalue weighted by Gasteiger charge is -2.25. The second-order valence-electron chi connectivity index (χ2n) is 6.94. The van der Waals surface area contributed by atoms with E-state index in [1.165, 1.54) is 7.11 Å². The highest BCUT2D eigenvalue weighted by molar-refractivity contribution is 5.95. The number of pyridine rings is 1. The van der Waals surface area contributed by atoms with Gasteiger partial charge in [-0.2, -0.15) is 0 Å². The van der Waals surface area contributed by atoms with Gasteiger partial charge < -0.3 is 19.9 Å². The minimum Gasteiger partial charge on any atom is -0.465 e. The maximum atomic E-state index is 12.9. The number of hydrogen-bond acceptors (Lipinski definition) is 5. The van der Waals surface area contributed by atoms with Crippen molar-refractivity contribution >= 4 is 11.9 Å². The molecule has 3 rings (SSSR count). The average Bonchev–Trinajstić information content (AvgIpc) is 2.73. The molecule has 2 aromatic rings. The molecule has 1 aliphatic rings. The van der Waals surface area contributed by atoms with E-state index in [4.69, 9.17) is 0 Å². The van der Waals surface area contributed by atoms with Gasteiger partial charge in [0.1, 0.15) is 5.56 Å². The number of nitrogens with one attached hydrogen (secondary N) is 2. The van der Waals surface area contributed by atoms with Crippen molar-refractivity contribution in [3.8, 4) is 0 Å². The number of aryl methyl sites for hydroxylation is 1. The summed E-state index contributed by atoms with van der Waals surface area (Å²) in [6.07, 6.45) is 3.53. The van der Waals surface area contributed by atoms with E-state index in [0.29, 0.717) is 11.1 Å². The number of amides is 1. The zero-order chi connectivity index (χ0) is 20.1. The van der Waals surface area contributed by atoms with Crippen molar-refractivity contribution in [1.29, 1.82) is 0 Å². The highest BCUT2D eigenvalue weighted by Gasteiger charge is 2.21. The first-order valence-electron chi connectivity index (χ1n) is 9.39. The van der Waals surface area contributed by atoms with Gasteiger partial charge in [0, 0.05) is 18.8 Å². The Hall–Kier alpha value is -2.93. The lowest BCUT2D eigenvalue weighted by Crippen LogP contribution is -2.38. The summed E-state index contributed by atoms with van der Waals surface area (Å²) >= 11 is 0. The van der Waals surface area contributed by atoms with Crippen molar-refractivity contribution in [3.63, 3.8) is 0 Å². The number of hydrogen-bond donors (Lipinski definition) is 2. The van der Waals surface area contributed by atoms with Gasteiger partial charge >= 0.3 is 5.97 Å². The van der Waals surface area contributed by atoms with Crippen molar-refractivity contribution in [2.45, 2.75) is 32.4 Å². The summed E-state index contributed by atoms with van der Waals surface area (Å²) in [7, 11) is 1.33. The fourth-order valence-electron chi connectivity index (χ4n) is 3.44. The van der Waals surface area contributed by atoms with Crippen LogP contribution in [0.5, 0.6) is 0 Å². The molecule has 28 heavy (non-hydrogen) atoms. The number of carbonyl (C=O) groups is 2. The Labute approximate surface area is 163 Å². The van der Waals surface area contributed by atoms with E-state index in [-0.39, 0.29) is 29.6 Å². The molecule has 2 heterocycles. The molecule has 7 heteroatoms. The second-order valence-corrected chi connectivity index (χ2v) is 6.94. The maximum Gasteiger partial charge on any atom is 0.337 e. The second kappa shape index (κ2) is 8.84. The molecular formula is C21H25N3O4. The van der Waals surface area contributed by atoms with Crippen molar-refractivity contribution in [1.82, 2.24) is 15.2 Å². The zero-order valence-electron chi connectivity index (χ0n) is 16.2. The van der Waals surface area contributed by atoms with Crippen LogP contribution in [0.4, 0.5) is 0 Å². The van der Waals surface area contributed by atoms with Gasteiger partial charge in [0.05, 0.1) is 12.7 Å². The average molecular weight is 383 g/mol. The van der Waals surface area contributed by atoms with E-state index < -0.39 is 5.97 Å². The quantitative estimate of drug-likeness (QED) is 0.769. The van der Waals surface area contributed by atoms with Crippen molar-refractivity contribution < 1.29 is 14.3 Å². The maximum absolute atomic E-state index is 12.9. The predicted octanol–water partition coefficient (Wildman–Crippen LogP) is 1.80. The highest BCUT2D eigenvalue weighted by atomic mass is 16.5. The van der Waals surface area contributed by atoms with Crippen LogP contribution in [-0.2, 0) is 11.3 Å². The van der Waals surface area contributed by atoms with E-state index >= 15 is 0 Å². The molecular weight excluding hydrogens is 358 g/mol. The van der Waals surface area contributed by atoms with Gasteiger partial charge in [-0.1, -0.05) is 12.1 Å². The van der Waals surface area contributed by atoms with Crippen molar-refractivity contribution in [3.05, 3.63) is 69.1 Å². The van der Waals surface area contributed by atoms with Crippen LogP contribution in [0.3, 0.4) is 0 Å². The van der Waals surface area contributed by atoms with E-state index in [1.807, 2.05) is 6.07 Å². The van der Waals surface area contributed by atoms with Crippen molar-refractivity contribution in [2.24, 2.45) is 0 Å². The summed E-state index contributed by atoms with van der Waals surface area (Å²) < 4.78 is 6.36. The number of piperidine rings is 1. The van der Waals surface area contributed by atoms with E-state index in [0.717, 1.165) is 31.5 Å². The number of benzene rings is 1. The van der Waals surface area contributed by atoms with Gasteiger partial charge in [-0.15, -0.1) is 0 Å². The molecule has 1 aromatic carbocycles. The Kier molecular flexibility index (Phi) is 6.26. The minimum atomic E-state index is -0.408. The summed E-state index contributed by atoms with van der Waals surface area (Å²) in [5, 5.41) is 6.09. The van der Waals surface area contributed by atoms with E-state index in [9.17, 15) is 14.4 Å². The van der Waals surface area contributed by atoms with Gasteiger partial charge in [0.25, 0.3) is 11.5 Å². The van der Waals surface area contributed by atoms with Crippen LogP contribution in [0.1, 0.15) is 50.7 Å². The molecule has 0 aliphatic carbocycles. The Bertz CT molecular complexity index is 912. The van der Waals surface area contributed by atoms with Gasteiger partial charge in [-0.3, -0.25) is 9.59 Å². The third kappa shape index (κ3) is 4.31. The Morgan fingerprint density at radius 2 is 1.86 bits per heavy atom. The number of carbonyl (C=O) groups excluding carboxylic acids is 2. The van der Waals surface area contributed by atoms with Crippen LogP contribution < -0.4 is 16.2 Å². The minimum absolute atomic E-state index is 0.117. The number of ether oxygens (including phenoxy) is 1. The monoisotopic (exact) mass is 383 g/mol. The summed E-state index contributed by atoms with van der Waals surface area (Å²) in [6.45, 7) is 3.78. The molecule has 0 atom stereocenters. The van der Waals surface area contributed by atoms with Crippen LogP contribution in [0.15, 0.2) is 41.3 Å². The van der Waals surface area contributed by atoms with Crippen LogP contribution in [0, 0.1) is 6.92 Å². The molecule has 0 radical (unpaired) electrons. The smallest absolute Gasteiger partial charge is 0.337 e. The largest absolute Gasteiger partial charge is 0.465 e.